The molecule has 9 heteroatoms. The van der Waals surface area contributed by atoms with Crippen LogP contribution in [-0.4, -0.2) is 40.8 Å². The number of esters is 1. The number of carbonyl (C=O) groups is 3. The number of nitrogens with two attached hydrogens (primary N) is 1. The molecule has 0 saturated heterocycles. The molecule has 1 amide bonds. The Labute approximate surface area is 169 Å². The lowest BCUT2D eigenvalue weighted by molar-refractivity contribution is -0.171. The highest BCUT2D eigenvalue weighted by Crippen LogP contribution is 2.22. The highest BCUT2D eigenvalue weighted by molar-refractivity contribution is 6.31. The second-order valence-electron chi connectivity index (χ2n) is 7.25. The molecule has 1 rings (SSSR count). The van der Waals surface area contributed by atoms with Gasteiger partial charge in [0.25, 0.3) is 0 Å². The number of carboxylic acids is 1. The zero-order valence-electron chi connectivity index (χ0n) is 16.3. The van der Waals surface area contributed by atoms with Crippen LogP contribution in [0.5, 0.6) is 0 Å². The van der Waals surface area contributed by atoms with Gasteiger partial charge in [0.2, 0.25) is 5.54 Å². The van der Waals surface area contributed by atoms with Crippen molar-refractivity contribution in [1.29, 1.82) is 0 Å². The number of rotatable bonds is 9. The lowest BCUT2D eigenvalue weighted by Crippen LogP contribution is -2.61. The minimum absolute atomic E-state index is 0.182. The smallest absolute Gasteiger partial charge is 0.408 e. The number of halogens is 1. The van der Waals surface area contributed by atoms with Crippen LogP contribution in [0.4, 0.5) is 4.79 Å². The lowest BCUT2D eigenvalue weighted by atomic mass is 9.92. The second kappa shape index (κ2) is 10.3. The summed E-state index contributed by atoms with van der Waals surface area (Å²) < 4.78 is 10.3. The average Bonchev–Trinajstić information content (AvgIpc) is 2.58. The van der Waals surface area contributed by atoms with Crippen LogP contribution in [0.3, 0.4) is 0 Å². The van der Waals surface area contributed by atoms with Crippen LogP contribution in [-0.2, 0) is 25.7 Å². The number of ether oxygens (including phenoxy) is 2. The average molecular weight is 415 g/mol. The summed E-state index contributed by atoms with van der Waals surface area (Å²) in [6.45, 7) is 4.95. The van der Waals surface area contributed by atoms with Crippen molar-refractivity contribution in [3.8, 4) is 0 Å². The molecule has 0 aliphatic heterocycles. The van der Waals surface area contributed by atoms with E-state index in [1.807, 2.05) is 0 Å². The summed E-state index contributed by atoms with van der Waals surface area (Å²) in [5, 5.41) is 12.3. The largest absolute Gasteiger partial charge is 0.479 e. The zero-order valence-corrected chi connectivity index (χ0v) is 17.0. The maximum Gasteiger partial charge on any atom is 0.408 e. The minimum atomic E-state index is -2.28. The highest BCUT2D eigenvalue weighted by Gasteiger charge is 2.50. The molecule has 156 valence electrons. The number of benzene rings is 1. The van der Waals surface area contributed by atoms with Crippen molar-refractivity contribution in [2.24, 2.45) is 5.73 Å². The molecule has 0 aromatic heterocycles. The number of hydrogen-bond donors (Lipinski definition) is 3. The Morgan fingerprint density at radius 1 is 1.18 bits per heavy atom. The number of alkyl carbamates (subject to hydrolysis) is 1. The van der Waals surface area contributed by atoms with Gasteiger partial charge in [-0.2, -0.15) is 0 Å². The number of carbonyl (C=O) groups excluding carboxylic acids is 2. The van der Waals surface area contributed by atoms with E-state index in [4.69, 9.17) is 26.8 Å². The molecule has 1 aromatic carbocycles. The van der Waals surface area contributed by atoms with E-state index in [-0.39, 0.29) is 13.0 Å². The molecular weight excluding hydrogens is 388 g/mol. The van der Waals surface area contributed by atoms with Gasteiger partial charge in [0.05, 0.1) is 0 Å². The highest BCUT2D eigenvalue weighted by atomic mass is 35.5. The van der Waals surface area contributed by atoms with Crippen LogP contribution in [0.15, 0.2) is 24.3 Å². The van der Waals surface area contributed by atoms with E-state index >= 15 is 0 Å². The molecular formula is C19H27ClN2O6. The summed E-state index contributed by atoms with van der Waals surface area (Å²) in [5.41, 5.74) is 2.78. The van der Waals surface area contributed by atoms with Crippen LogP contribution < -0.4 is 11.1 Å². The van der Waals surface area contributed by atoms with E-state index in [0.717, 1.165) is 0 Å². The van der Waals surface area contributed by atoms with E-state index < -0.39 is 29.2 Å². The number of nitrogens with one attached hydrogen (secondary N) is 1. The molecule has 0 radical (unpaired) electrons. The lowest BCUT2D eigenvalue weighted by Gasteiger charge is -2.31. The molecule has 0 saturated carbocycles. The molecule has 8 nitrogen and oxygen atoms in total. The second-order valence-corrected chi connectivity index (χ2v) is 7.66. The SMILES string of the molecule is CC(C)(C)OC(=O)[C@@](CCCCN)(NC(=O)OCc1ccccc1Cl)C(=O)O. The van der Waals surface area contributed by atoms with Gasteiger partial charge in [0, 0.05) is 10.6 Å². The molecule has 0 unspecified atom stereocenters. The summed E-state index contributed by atoms with van der Waals surface area (Å²) in [6, 6.07) is 6.74. The molecule has 1 aromatic rings. The van der Waals surface area contributed by atoms with Gasteiger partial charge in [0.1, 0.15) is 12.2 Å². The van der Waals surface area contributed by atoms with Crippen molar-refractivity contribution in [3.63, 3.8) is 0 Å². The Bertz CT molecular complexity index is 704. The fraction of sp³-hybridized carbons (Fsp3) is 0.526. The maximum absolute atomic E-state index is 12.7. The fourth-order valence-electron chi connectivity index (χ4n) is 2.33. The van der Waals surface area contributed by atoms with Crippen LogP contribution >= 0.6 is 11.6 Å². The molecule has 0 aliphatic carbocycles. The summed E-state index contributed by atoms with van der Waals surface area (Å²) in [7, 11) is 0. The van der Waals surface area contributed by atoms with Gasteiger partial charge >= 0.3 is 18.0 Å². The van der Waals surface area contributed by atoms with E-state index in [9.17, 15) is 19.5 Å². The van der Waals surface area contributed by atoms with Crippen molar-refractivity contribution in [1.82, 2.24) is 5.32 Å². The number of aliphatic carboxylic acids is 1. The number of unbranched alkanes of at least 4 members (excludes halogenated alkanes) is 1. The Morgan fingerprint density at radius 3 is 2.36 bits per heavy atom. The van der Waals surface area contributed by atoms with Gasteiger partial charge in [0.15, 0.2) is 0 Å². The third-order valence-corrected chi connectivity index (χ3v) is 4.12. The number of amides is 1. The van der Waals surface area contributed by atoms with Gasteiger partial charge in [-0.3, -0.25) is 5.32 Å². The molecule has 28 heavy (non-hydrogen) atoms. The van der Waals surface area contributed by atoms with Gasteiger partial charge in [-0.1, -0.05) is 29.8 Å². The molecule has 1 atom stereocenters. The van der Waals surface area contributed by atoms with Crippen LogP contribution in [0.25, 0.3) is 0 Å². The van der Waals surface area contributed by atoms with Crippen molar-refractivity contribution >= 4 is 29.6 Å². The molecule has 0 bridgehead atoms. The minimum Gasteiger partial charge on any atom is -0.479 e. The predicted molar refractivity (Wildman–Crippen MR) is 104 cm³/mol. The molecule has 0 aliphatic rings. The van der Waals surface area contributed by atoms with Crippen molar-refractivity contribution in [2.45, 2.75) is 57.8 Å². The first-order chi connectivity index (χ1) is 13.0. The van der Waals surface area contributed by atoms with E-state index in [0.29, 0.717) is 30.0 Å². The Hall–Kier alpha value is -2.32. The quantitative estimate of drug-likeness (QED) is 0.322. The van der Waals surface area contributed by atoms with Crippen molar-refractivity contribution in [2.75, 3.05) is 6.54 Å². The topological polar surface area (TPSA) is 128 Å². The summed E-state index contributed by atoms with van der Waals surface area (Å²) in [5.74, 6) is -2.60. The third-order valence-electron chi connectivity index (χ3n) is 3.75. The Balaban J connectivity index is 2.98. The maximum atomic E-state index is 12.7. The standard InChI is InChI=1S/C19H27ClN2O6/c1-18(2,3)28-16(25)19(15(23)24,10-6-7-11-21)22-17(26)27-12-13-8-4-5-9-14(13)20/h4-5,8-9H,6-7,10-12,21H2,1-3H3,(H,22,26)(H,23,24)/t19-/m0/s1. The summed E-state index contributed by atoms with van der Waals surface area (Å²) >= 11 is 6.01. The first-order valence-corrected chi connectivity index (χ1v) is 9.25. The van der Waals surface area contributed by atoms with Crippen molar-refractivity contribution in [3.05, 3.63) is 34.9 Å². The molecule has 0 heterocycles. The number of carboxylic acid groups (broad SMARTS) is 1. The van der Waals surface area contributed by atoms with Gasteiger partial charge in [-0.25, -0.2) is 14.4 Å². The Morgan fingerprint density at radius 2 is 1.82 bits per heavy atom. The first-order valence-electron chi connectivity index (χ1n) is 8.87. The van der Waals surface area contributed by atoms with E-state index in [2.05, 4.69) is 5.32 Å². The van der Waals surface area contributed by atoms with Crippen LogP contribution in [0, 0.1) is 0 Å². The summed E-state index contributed by atoms with van der Waals surface area (Å²) in [6.07, 6.45) is -0.475. The first kappa shape index (κ1) is 23.7. The Kier molecular flexibility index (Phi) is 8.71. The van der Waals surface area contributed by atoms with Gasteiger partial charge in [-0.15, -0.1) is 0 Å². The van der Waals surface area contributed by atoms with E-state index in [1.54, 1.807) is 45.0 Å². The van der Waals surface area contributed by atoms with E-state index in [1.165, 1.54) is 0 Å². The van der Waals surface area contributed by atoms with Crippen molar-refractivity contribution < 1.29 is 29.0 Å². The van der Waals surface area contributed by atoms with Crippen LogP contribution in [0.2, 0.25) is 5.02 Å². The fourth-order valence-corrected chi connectivity index (χ4v) is 2.52. The number of hydrogen-bond acceptors (Lipinski definition) is 6. The predicted octanol–water partition coefficient (Wildman–Crippen LogP) is 2.86. The van der Waals surface area contributed by atoms with Gasteiger partial charge in [-0.05, 0) is 52.6 Å². The summed E-state index contributed by atoms with van der Waals surface area (Å²) in [4.78, 5) is 36.9. The third kappa shape index (κ3) is 7.01. The zero-order chi connectivity index (χ0) is 21.4. The monoisotopic (exact) mass is 414 g/mol. The molecule has 0 fully saturated rings. The molecule has 4 N–H and O–H groups in total. The normalized spacial score (nSPS) is 13.3. The van der Waals surface area contributed by atoms with Crippen LogP contribution in [0.1, 0.15) is 45.6 Å². The molecule has 0 spiro atoms. The van der Waals surface area contributed by atoms with Gasteiger partial charge < -0.3 is 20.3 Å².